The minimum absolute atomic E-state index is 0.243. The van der Waals surface area contributed by atoms with Gasteiger partial charge in [-0.15, -0.1) is 0 Å². The molecule has 5 nitrogen and oxygen atoms in total. The summed E-state index contributed by atoms with van der Waals surface area (Å²) in [6.45, 7) is 3.81. The van der Waals surface area contributed by atoms with Crippen molar-refractivity contribution in [1.82, 2.24) is 0 Å². The summed E-state index contributed by atoms with van der Waals surface area (Å²) < 4.78 is 5.25. The van der Waals surface area contributed by atoms with Crippen LogP contribution in [0.25, 0.3) is 0 Å². The molecule has 2 rings (SSSR count). The van der Waals surface area contributed by atoms with Crippen molar-refractivity contribution < 1.29 is 9.53 Å². The largest absolute Gasteiger partial charge is 0.497 e. The van der Waals surface area contributed by atoms with Gasteiger partial charge in [-0.25, -0.2) is 0 Å². The lowest BCUT2D eigenvalue weighted by Gasteiger charge is -2.25. The van der Waals surface area contributed by atoms with Gasteiger partial charge >= 0.3 is 0 Å². The number of carbonyl (C=O) groups is 1. The van der Waals surface area contributed by atoms with Crippen LogP contribution in [-0.2, 0) is 11.3 Å². The third kappa shape index (κ3) is 2.51. The number of carbonyl (C=O) groups excluding carboxylic acids is 1. The van der Waals surface area contributed by atoms with Crippen LogP contribution in [0.5, 0.6) is 5.75 Å². The lowest BCUT2D eigenvalue weighted by Crippen LogP contribution is -2.37. The minimum Gasteiger partial charge on any atom is -0.497 e. The Kier molecular flexibility index (Phi) is 3.66. The van der Waals surface area contributed by atoms with Crippen molar-refractivity contribution >= 4 is 11.6 Å². The first-order valence-electron chi connectivity index (χ1n) is 6.42. The molecule has 1 aliphatic heterocycles. The van der Waals surface area contributed by atoms with E-state index in [1.165, 1.54) is 0 Å². The summed E-state index contributed by atoms with van der Waals surface area (Å²) in [6, 6.07) is 5.83. The molecule has 1 unspecified atom stereocenters. The Labute approximate surface area is 113 Å². The molecule has 0 aromatic heterocycles. The van der Waals surface area contributed by atoms with Crippen molar-refractivity contribution in [2.24, 2.45) is 16.9 Å². The van der Waals surface area contributed by atoms with E-state index in [1.54, 1.807) is 7.11 Å². The summed E-state index contributed by atoms with van der Waals surface area (Å²) >= 11 is 0. The van der Waals surface area contributed by atoms with Crippen LogP contribution in [0.15, 0.2) is 18.2 Å². The van der Waals surface area contributed by atoms with Crippen molar-refractivity contribution in [3.63, 3.8) is 0 Å². The van der Waals surface area contributed by atoms with Crippen LogP contribution in [0.4, 0.5) is 5.69 Å². The standard InChI is InChI=1S/C14H21N3O2/c1-14(13(16)18)5-6-17(9-14)12-7-11(19-2)4-3-10(12)8-15/h3-4,7H,5-6,8-9,15H2,1-2H3,(H2,16,18). The molecule has 1 saturated heterocycles. The molecular formula is C14H21N3O2. The van der Waals surface area contributed by atoms with Gasteiger partial charge in [-0.1, -0.05) is 6.07 Å². The Hall–Kier alpha value is -1.75. The highest BCUT2D eigenvalue weighted by atomic mass is 16.5. The molecule has 1 aliphatic rings. The summed E-state index contributed by atoms with van der Waals surface area (Å²) in [5, 5.41) is 0. The molecule has 0 spiro atoms. The van der Waals surface area contributed by atoms with Crippen molar-refractivity contribution in [3.8, 4) is 5.75 Å². The van der Waals surface area contributed by atoms with E-state index in [1.807, 2.05) is 25.1 Å². The summed E-state index contributed by atoms with van der Waals surface area (Å²) in [5.41, 5.74) is 12.9. The number of ether oxygens (including phenoxy) is 1. The Balaban J connectivity index is 2.30. The quantitative estimate of drug-likeness (QED) is 0.844. The van der Waals surface area contributed by atoms with E-state index in [4.69, 9.17) is 16.2 Å². The maximum Gasteiger partial charge on any atom is 0.225 e. The lowest BCUT2D eigenvalue weighted by molar-refractivity contribution is -0.125. The molecule has 19 heavy (non-hydrogen) atoms. The average Bonchev–Trinajstić information content (AvgIpc) is 2.82. The number of rotatable bonds is 4. The van der Waals surface area contributed by atoms with E-state index in [0.717, 1.165) is 30.0 Å². The zero-order valence-corrected chi connectivity index (χ0v) is 11.5. The fourth-order valence-corrected chi connectivity index (χ4v) is 2.51. The fourth-order valence-electron chi connectivity index (χ4n) is 2.51. The van der Waals surface area contributed by atoms with Crippen molar-refractivity contribution in [1.29, 1.82) is 0 Å². The topological polar surface area (TPSA) is 81.6 Å². The minimum atomic E-state index is -0.463. The predicted molar refractivity (Wildman–Crippen MR) is 75.0 cm³/mol. The molecule has 1 amide bonds. The zero-order chi connectivity index (χ0) is 14.0. The number of anilines is 1. The van der Waals surface area contributed by atoms with Crippen LogP contribution in [-0.4, -0.2) is 26.1 Å². The van der Waals surface area contributed by atoms with Crippen LogP contribution in [0.2, 0.25) is 0 Å². The predicted octanol–water partition coefficient (Wildman–Crippen LogP) is 0.856. The van der Waals surface area contributed by atoms with Gasteiger partial charge < -0.3 is 21.1 Å². The van der Waals surface area contributed by atoms with E-state index in [2.05, 4.69) is 4.90 Å². The van der Waals surface area contributed by atoms with Gasteiger partial charge in [0.1, 0.15) is 5.75 Å². The number of benzene rings is 1. The first kappa shape index (κ1) is 13.7. The second-order valence-corrected chi connectivity index (χ2v) is 5.30. The summed E-state index contributed by atoms with van der Waals surface area (Å²) in [6.07, 6.45) is 0.767. The van der Waals surface area contributed by atoms with E-state index in [0.29, 0.717) is 13.1 Å². The fraction of sp³-hybridized carbons (Fsp3) is 0.500. The molecular weight excluding hydrogens is 242 g/mol. The maximum absolute atomic E-state index is 11.5. The van der Waals surface area contributed by atoms with Crippen LogP contribution >= 0.6 is 0 Å². The second-order valence-electron chi connectivity index (χ2n) is 5.30. The summed E-state index contributed by atoms with van der Waals surface area (Å²) in [4.78, 5) is 13.7. The molecule has 1 atom stereocenters. The number of amides is 1. The Bertz CT molecular complexity index is 490. The van der Waals surface area contributed by atoms with Gasteiger partial charge in [0.25, 0.3) is 0 Å². The third-order valence-corrected chi connectivity index (χ3v) is 3.92. The first-order chi connectivity index (χ1) is 9.00. The molecule has 0 saturated carbocycles. The van der Waals surface area contributed by atoms with E-state index in [-0.39, 0.29) is 5.91 Å². The van der Waals surface area contributed by atoms with Crippen molar-refractivity contribution in [2.45, 2.75) is 19.9 Å². The molecule has 5 heteroatoms. The highest BCUT2D eigenvalue weighted by molar-refractivity contribution is 5.82. The number of hydrogen-bond donors (Lipinski definition) is 2. The Morgan fingerprint density at radius 3 is 2.79 bits per heavy atom. The molecule has 1 aromatic carbocycles. The number of primary amides is 1. The highest BCUT2D eigenvalue weighted by Gasteiger charge is 2.39. The molecule has 0 radical (unpaired) electrons. The molecule has 1 aromatic rings. The van der Waals surface area contributed by atoms with E-state index in [9.17, 15) is 4.79 Å². The zero-order valence-electron chi connectivity index (χ0n) is 11.5. The van der Waals surface area contributed by atoms with Gasteiger partial charge in [0.05, 0.1) is 12.5 Å². The molecule has 0 aliphatic carbocycles. The molecule has 4 N–H and O–H groups in total. The summed E-state index contributed by atoms with van der Waals surface area (Å²) in [5.74, 6) is 0.548. The Morgan fingerprint density at radius 2 is 2.26 bits per heavy atom. The number of nitrogens with zero attached hydrogens (tertiary/aromatic N) is 1. The normalized spacial score (nSPS) is 22.6. The maximum atomic E-state index is 11.5. The number of hydrogen-bond acceptors (Lipinski definition) is 4. The molecule has 1 heterocycles. The molecule has 104 valence electrons. The van der Waals surface area contributed by atoms with Gasteiger partial charge in [-0.3, -0.25) is 4.79 Å². The third-order valence-electron chi connectivity index (χ3n) is 3.92. The van der Waals surface area contributed by atoms with Gasteiger partial charge in [-0.2, -0.15) is 0 Å². The van der Waals surface area contributed by atoms with E-state index >= 15 is 0 Å². The first-order valence-corrected chi connectivity index (χ1v) is 6.42. The van der Waals surface area contributed by atoms with Crippen LogP contribution in [0.3, 0.4) is 0 Å². The molecule has 1 fully saturated rings. The summed E-state index contributed by atoms with van der Waals surface area (Å²) in [7, 11) is 1.64. The van der Waals surface area contributed by atoms with E-state index < -0.39 is 5.41 Å². The second kappa shape index (κ2) is 5.09. The number of nitrogens with two attached hydrogens (primary N) is 2. The van der Waals surface area contributed by atoms with Gasteiger partial charge in [0.2, 0.25) is 5.91 Å². The van der Waals surface area contributed by atoms with Gasteiger partial charge in [-0.05, 0) is 25.0 Å². The van der Waals surface area contributed by atoms with Gasteiger partial charge in [0.15, 0.2) is 0 Å². The van der Waals surface area contributed by atoms with Crippen LogP contribution < -0.4 is 21.1 Å². The molecule has 0 bridgehead atoms. The number of methoxy groups -OCH3 is 1. The Morgan fingerprint density at radius 1 is 1.53 bits per heavy atom. The smallest absolute Gasteiger partial charge is 0.225 e. The van der Waals surface area contributed by atoms with Crippen LogP contribution in [0, 0.1) is 5.41 Å². The monoisotopic (exact) mass is 263 g/mol. The average molecular weight is 263 g/mol. The van der Waals surface area contributed by atoms with Gasteiger partial charge in [0, 0.05) is 31.4 Å². The van der Waals surface area contributed by atoms with Crippen molar-refractivity contribution in [2.75, 3.05) is 25.1 Å². The highest BCUT2D eigenvalue weighted by Crippen LogP contribution is 2.35. The van der Waals surface area contributed by atoms with Crippen LogP contribution in [0.1, 0.15) is 18.9 Å². The SMILES string of the molecule is COc1ccc(CN)c(N2CCC(C)(C(N)=O)C2)c1. The lowest BCUT2D eigenvalue weighted by atomic mass is 9.89. The van der Waals surface area contributed by atoms with Crippen molar-refractivity contribution in [3.05, 3.63) is 23.8 Å².